The number of para-hydroxylation sites is 1. The van der Waals surface area contributed by atoms with Gasteiger partial charge in [0.2, 0.25) is 0 Å². The van der Waals surface area contributed by atoms with Crippen LogP contribution >= 0.6 is 0 Å². The van der Waals surface area contributed by atoms with Gasteiger partial charge < -0.3 is 19.9 Å². The largest absolute Gasteiger partial charge is 0.505 e. The van der Waals surface area contributed by atoms with E-state index in [0.717, 1.165) is 13.0 Å². The normalized spacial score (nSPS) is 10.8. The van der Waals surface area contributed by atoms with E-state index in [1.807, 2.05) is 0 Å². The molecule has 0 radical (unpaired) electrons. The highest BCUT2D eigenvalue weighted by Crippen LogP contribution is 2.20. The number of nitrogens with one attached hydrogen (secondary N) is 1. The maximum Gasteiger partial charge on any atom is 0.165 e. The molecule has 0 saturated carbocycles. The summed E-state index contributed by atoms with van der Waals surface area (Å²) in [5.74, 6) is -0.862. The zero-order valence-corrected chi connectivity index (χ0v) is 10.6. The second-order valence-corrected chi connectivity index (χ2v) is 3.88. The lowest BCUT2D eigenvalue weighted by Crippen LogP contribution is -2.17. The number of hydrogen-bond donors (Lipinski definition) is 2. The third kappa shape index (κ3) is 5.44. The summed E-state index contributed by atoms with van der Waals surface area (Å²) in [5.41, 5.74) is 0.565. The average Bonchev–Trinajstić information content (AvgIpc) is 2.37. The van der Waals surface area contributed by atoms with Gasteiger partial charge in [0.15, 0.2) is 11.6 Å². The topological polar surface area (TPSA) is 50.7 Å². The van der Waals surface area contributed by atoms with Crippen molar-refractivity contribution in [3.05, 3.63) is 29.6 Å². The minimum absolute atomic E-state index is 0.277. The summed E-state index contributed by atoms with van der Waals surface area (Å²) >= 11 is 0. The van der Waals surface area contributed by atoms with Gasteiger partial charge in [0, 0.05) is 25.8 Å². The Hall–Kier alpha value is -1.17. The van der Waals surface area contributed by atoms with Crippen molar-refractivity contribution in [2.24, 2.45) is 0 Å². The third-order valence-electron chi connectivity index (χ3n) is 2.46. The lowest BCUT2D eigenvalue weighted by molar-refractivity contribution is 0.0694. The predicted molar refractivity (Wildman–Crippen MR) is 67.1 cm³/mol. The minimum Gasteiger partial charge on any atom is -0.505 e. The Kier molecular flexibility index (Phi) is 7.32. The van der Waals surface area contributed by atoms with Crippen molar-refractivity contribution in [1.82, 2.24) is 5.32 Å². The molecule has 0 unspecified atom stereocenters. The Morgan fingerprint density at radius 3 is 2.89 bits per heavy atom. The number of hydrogen-bond acceptors (Lipinski definition) is 4. The quantitative estimate of drug-likeness (QED) is 0.661. The molecule has 1 aromatic rings. The standard InChI is InChI=1S/C13H20FNO3/c1-17-8-9-18-7-3-6-15-10-11-4-2-5-12(14)13(11)16/h2,4-5,15-16H,3,6-10H2,1H3. The number of benzene rings is 1. The number of ether oxygens (including phenoxy) is 2. The highest BCUT2D eigenvalue weighted by Gasteiger charge is 2.05. The van der Waals surface area contributed by atoms with Crippen LogP contribution in [0.2, 0.25) is 0 Å². The fourth-order valence-electron chi connectivity index (χ4n) is 1.47. The fourth-order valence-corrected chi connectivity index (χ4v) is 1.47. The van der Waals surface area contributed by atoms with Crippen molar-refractivity contribution in [1.29, 1.82) is 0 Å². The number of rotatable bonds is 9. The monoisotopic (exact) mass is 257 g/mol. The first kappa shape index (κ1) is 14.9. The molecule has 0 aliphatic carbocycles. The van der Waals surface area contributed by atoms with Crippen LogP contribution < -0.4 is 5.32 Å². The van der Waals surface area contributed by atoms with Crippen molar-refractivity contribution < 1.29 is 19.0 Å². The predicted octanol–water partition coefficient (Wildman–Crippen LogP) is 1.67. The van der Waals surface area contributed by atoms with Gasteiger partial charge in [-0.1, -0.05) is 12.1 Å². The number of phenols is 1. The summed E-state index contributed by atoms with van der Waals surface area (Å²) in [6.45, 7) is 3.06. The van der Waals surface area contributed by atoms with E-state index in [0.29, 0.717) is 31.9 Å². The Bertz CT molecular complexity index is 347. The molecule has 2 N–H and O–H groups in total. The van der Waals surface area contributed by atoms with Crippen molar-refractivity contribution >= 4 is 0 Å². The number of aromatic hydroxyl groups is 1. The van der Waals surface area contributed by atoms with Crippen LogP contribution in [-0.4, -0.2) is 38.6 Å². The molecule has 0 heterocycles. The molecule has 0 aliphatic rings. The minimum atomic E-state index is -0.586. The van der Waals surface area contributed by atoms with E-state index in [9.17, 15) is 9.50 Å². The van der Waals surface area contributed by atoms with Crippen LogP contribution in [0.1, 0.15) is 12.0 Å². The summed E-state index contributed by atoms with van der Waals surface area (Å²) in [5, 5.41) is 12.6. The van der Waals surface area contributed by atoms with Crippen LogP contribution in [0.4, 0.5) is 4.39 Å². The van der Waals surface area contributed by atoms with Gasteiger partial charge in [-0.15, -0.1) is 0 Å². The van der Waals surface area contributed by atoms with E-state index in [4.69, 9.17) is 9.47 Å². The van der Waals surface area contributed by atoms with Crippen LogP contribution in [0.5, 0.6) is 5.75 Å². The molecule has 0 atom stereocenters. The zero-order chi connectivity index (χ0) is 13.2. The molecule has 18 heavy (non-hydrogen) atoms. The molecule has 102 valence electrons. The van der Waals surface area contributed by atoms with Crippen LogP contribution in [0.25, 0.3) is 0 Å². The molecule has 4 nitrogen and oxygen atoms in total. The third-order valence-corrected chi connectivity index (χ3v) is 2.46. The molecule has 0 aromatic heterocycles. The van der Waals surface area contributed by atoms with Crippen molar-refractivity contribution in [3.8, 4) is 5.75 Å². The highest BCUT2D eigenvalue weighted by atomic mass is 19.1. The summed E-state index contributed by atoms with van der Waals surface area (Å²) in [7, 11) is 1.64. The fraction of sp³-hybridized carbons (Fsp3) is 0.538. The lowest BCUT2D eigenvalue weighted by Gasteiger charge is -2.07. The molecular formula is C13H20FNO3. The van der Waals surface area contributed by atoms with Crippen LogP contribution in [0, 0.1) is 5.82 Å². The van der Waals surface area contributed by atoms with E-state index in [2.05, 4.69) is 5.32 Å². The molecule has 5 heteroatoms. The van der Waals surface area contributed by atoms with Gasteiger partial charge in [0.05, 0.1) is 13.2 Å². The number of phenolic OH excluding ortho intramolecular Hbond substituents is 1. The van der Waals surface area contributed by atoms with Crippen LogP contribution in [0.3, 0.4) is 0 Å². The van der Waals surface area contributed by atoms with Gasteiger partial charge in [0.25, 0.3) is 0 Å². The van der Waals surface area contributed by atoms with Gasteiger partial charge in [0.1, 0.15) is 0 Å². The first-order valence-corrected chi connectivity index (χ1v) is 5.99. The molecule has 0 bridgehead atoms. The van der Waals surface area contributed by atoms with E-state index in [1.165, 1.54) is 6.07 Å². The van der Waals surface area contributed by atoms with Gasteiger partial charge in [-0.2, -0.15) is 0 Å². The van der Waals surface area contributed by atoms with E-state index >= 15 is 0 Å². The Morgan fingerprint density at radius 1 is 1.28 bits per heavy atom. The van der Waals surface area contributed by atoms with Crippen molar-refractivity contribution in [2.45, 2.75) is 13.0 Å². The van der Waals surface area contributed by atoms with Crippen molar-refractivity contribution in [3.63, 3.8) is 0 Å². The van der Waals surface area contributed by atoms with E-state index in [-0.39, 0.29) is 5.75 Å². The first-order valence-electron chi connectivity index (χ1n) is 5.99. The smallest absolute Gasteiger partial charge is 0.165 e. The number of methoxy groups -OCH3 is 1. The highest BCUT2D eigenvalue weighted by molar-refractivity contribution is 5.33. The second kappa shape index (κ2) is 8.85. The lowest BCUT2D eigenvalue weighted by atomic mass is 10.2. The van der Waals surface area contributed by atoms with Gasteiger partial charge in [-0.3, -0.25) is 0 Å². The second-order valence-electron chi connectivity index (χ2n) is 3.88. The average molecular weight is 257 g/mol. The zero-order valence-electron chi connectivity index (χ0n) is 10.6. The molecule has 1 aromatic carbocycles. The molecule has 0 spiro atoms. The summed E-state index contributed by atoms with van der Waals surface area (Å²) < 4.78 is 23.2. The molecule has 0 fully saturated rings. The first-order chi connectivity index (χ1) is 8.75. The SMILES string of the molecule is COCCOCCCNCc1cccc(F)c1O. The van der Waals surface area contributed by atoms with Crippen LogP contribution in [0.15, 0.2) is 18.2 Å². The van der Waals surface area contributed by atoms with Gasteiger partial charge >= 0.3 is 0 Å². The molecular weight excluding hydrogens is 237 g/mol. The molecule has 0 aliphatic heterocycles. The molecule has 0 amide bonds. The Morgan fingerprint density at radius 2 is 2.11 bits per heavy atom. The van der Waals surface area contributed by atoms with E-state index in [1.54, 1.807) is 19.2 Å². The molecule has 0 saturated heterocycles. The van der Waals surface area contributed by atoms with Gasteiger partial charge in [-0.05, 0) is 19.0 Å². The maximum atomic E-state index is 13.0. The van der Waals surface area contributed by atoms with Gasteiger partial charge in [-0.25, -0.2) is 4.39 Å². The molecule has 1 rings (SSSR count). The maximum absolute atomic E-state index is 13.0. The van der Waals surface area contributed by atoms with Crippen LogP contribution in [-0.2, 0) is 16.0 Å². The Balaban J connectivity index is 2.09. The Labute approximate surface area is 107 Å². The summed E-state index contributed by atoms with van der Waals surface area (Å²) in [6.07, 6.45) is 0.861. The number of halogens is 1. The summed E-state index contributed by atoms with van der Waals surface area (Å²) in [4.78, 5) is 0. The van der Waals surface area contributed by atoms with E-state index < -0.39 is 5.82 Å². The summed E-state index contributed by atoms with van der Waals surface area (Å²) in [6, 6.07) is 4.52. The van der Waals surface area contributed by atoms with Crippen molar-refractivity contribution in [2.75, 3.05) is 33.5 Å².